The first-order valence-electron chi connectivity index (χ1n) is 5.56. The van der Waals surface area contributed by atoms with Crippen LogP contribution in [0.4, 0.5) is 11.4 Å². The maximum atomic E-state index is 12.1. The standard InChI is InChI=1S/C13H12N2O3S.CH4/c1-10-6-8-11(9-7-10)14-19(18)13-5-3-2-4-12(13)15(16)17;/h2-9,14H,1H3;1H4. The largest absolute Gasteiger partial charge is 0.301 e. The van der Waals surface area contributed by atoms with Gasteiger partial charge < -0.3 is 4.72 Å². The molecule has 1 unspecified atom stereocenters. The Kier molecular flexibility index (Phi) is 5.40. The molecule has 0 saturated carbocycles. The van der Waals surface area contributed by atoms with Crippen molar-refractivity contribution >= 4 is 22.4 Å². The smallest absolute Gasteiger partial charge is 0.287 e. The van der Waals surface area contributed by atoms with Gasteiger partial charge in [0.05, 0.1) is 4.92 Å². The van der Waals surface area contributed by atoms with E-state index in [0.717, 1.165) is 5.56 Å². The van der Waals surface area contributed by atoms with Crippen LogP contribution < -0.4 is 4.72 Å². The van der Waals surface area contributed by atoms with Crippen LogP contribution in [-0.2, 0) is 11.0 Å². The third kappa shape index (κ3) is 3.64. The van der Waals surface area contributed by atoms with Gasteiger partial charge in [-0.15, -0.1) is 0 Å². The van der Waals surface area contributed by atoms with Crippen molar-refractivity contribution in [1.82, 2.24) is 0 Å². The Morgan fingerprint density at radius 3 is 2.30 bits per heavy atom. The second kappa shape index (κ2) is 6.81. The fourth-order valence-corrected chi connectivity index (χ4v) is 2.54. The number of rotatable bonds is 4. The van der Waals surface area contributed by atoms with Gasteiger partial charge in [-0.05, 0) is 25.1 Å². The second-order valence-electron chi connectivity index (χ2n) is 3.96. The monoisotopic (exact) mass is 292 g/mol. The molecule has 0 bridgehead atoms. The number of para-hydroxylation sites is 1. The summed E-state index contributed by atoms with van der Waals surface area (Å²) in [5.74, 6) is 0. The third-order valence-electron chi connectivity index (χ3n) is 2.52. The molecule has 106 valence electrons. The average molecular weight is 292 g/mol. The van der Waals surface area contributed by atoms with Gasteiger partial charge in [-0.1, -0.05) is 37.3 Å². The van der Waals surface area contributed by atoms with Gasteiger partial charge in [0.2, 0.25) is 0 Å². The van der Waals surface area contributed by atoms with Crippen molar-refractivity contribution in [2.75, 3.05) is 4.72 Å². The quantitative estimate of drug-likeness (QED) is 0.690. The van der Waals surface area contributed by atoms with Crippen molar-refractivity contribution in [1.29, 1.82) is 0 Å². The van der Waals surface area contributed by atoms with Gasteiger partial charge >= 0.3 is 0 Å². The van der Waals surface area contributed by atoms with Crippen molar-refractivity contribution < 1.29 is 9.13 Å². The molecule has 6 heteroatoms. The summed E-state index contributed by atoms with van der Waals surface area (Å²) in [6.07, 6.45) is 0. The molecule has 0 spiro atoms. The molecule has 0 aliphatic heterocycles. The molecule has 1 N–H and O–H groups in total. The van der Waals surface area contributed by atoms with Crippen molar-refractivity contribution in [2.45, 2.75) is 19.2 Å². The maximum absolute atomic E-state index is 12.1. The normalized spacial score (nSPS) is 11.2. The number of nitro groups is 1. The van der Waals surface area contributed by atoms with Gasteiger partial charge in [0, 0.05) is 11.8 Å². The maximum Gasteiger partial charge on any atom is 0.287 e. The first kappa shape index (κ1) is 15.8. The van der Waals surface area contributed by atoms with Crippen LogP contribution in [0.3, 0.4) is 0 Å². The van der Waals surface area contributed by atoms with Crippen LogP contribution >= 0.6 is 0 Å². The van der Waals surface area contributed by atoms with Crippen LogP contribution in [0.25, 0.3) is 0 Å². The van der Waals surface area contributed by atoms with Crippen LogP contribution in [0.15, 0.2) is 53.4 Å². The van der Waals surface area contributed by atoms with Crippen molar-refractivity contribution in [3.05, 3.63) is 64.2 Å². The highest BCUT2D eigenvalue weighted by molar-refractivity contribution is 7.86. The minimum atomic E-state index is -1.66. The Morgan fingerprint density at radius 1 is 1.10 bits per heavy atom. The van der Waals surface area contributed by atoms with Crippen molar-refractivity contribution in [3.8, 4) is 0 Å². The van der Waals surface area contributed by atoms with E-state index < -0.39 is 15.9 Å². The lowest BCUT2D eigenvalue weighted by molar-refractivity contribution is -0.387. The fraction of sp³-hybridized carbons (Fsp3) is 0.143. The topological polar surface area (TPSA) is 72.2 Å². The van der Waals surface area contributed by atoms with Gasteiger partial charge in [-0.2, -0.15) is 0 Å². The van der Waals surface area contributed by atoms with Crippen molar-refractivity contribution in [3.63, 3.8) is 0 Å². The van der Waals surface area contributed by atoms with Crippen LogP contribution in [0.2, 0.25) is 0 Å². The Balaban J connectivity index is 0.00000200. The fourth-order valence-electron chi connectivity index (χ4n) is 1.55. The molecule has 20 heavy (non-hydrogen) atoms. The number of nitrogens with zero attached hydrogens (tertiary/aromatic N) is 1. The lowest BCUT2D eigenvalue weighted by Crippen LogP contribution is -2.07. The molecule has 0 aromatic heterocycles. The minimum Gasteiger partial charge on any atom is -0.301 e. The van der Waals surface area contributed by atoms with Crippen LogP contribution in [0.1, 0.15) is 13.0 Å². The van der Waals surface area contributed by atoms with E-state index >= 15 is 0 Å². The number of nitro benzene ring substituents is 1. The zero-order valence-electron chi connectivity index (χ0n) is 10.2. The molecular formula is C14H16N2O3S. The van der Waals surface area contributed by atoms with Gasteiger partial charge in [-0.3, -0.25) is 10.1 Å². The van der Waals surface area contributed by atoms with Gasteiger partial charge in [0.15, 0.2) is 11.0 Å². The zero-order valence-corrected chi connectivity index (χ0v) is 11.0. The van der Waals surface area contributed by atoms with Crippen LogP contribution in [0, 0.1) is 17.0 Å². The molecule has 0 saturated heterocycles. The molecule has 5 nitrogen and oxygen atoms in total. The van der Waals surface area contributed by atoms with E-state index in [1.165, 1.54) is 12.1 Å². The molecule has 0 radical (unpaired) electrons. The molecule has 0 amide bonds. The molecule has 2 aromatic rings. The highest BCUT2D eigenvalue weighted by Gasteiger charge is 2.17. The number of hydrogen-bond acceptors (Lipinski definition) is 3. The highest BCUT2D eigenvalue weighted by Crippen LogP contribution is 2.22. The summed E-state index contributed by atoms with van der Waals surface area (Å²) in [7, 11) is -1.66. The summed E-state index contributed by atoms with van der Waals surface area (Å²) >= 11 is 0. The number of aryl methyl sites for hydroxylation is 1. The molecule has 2 rings (SSSR count). The summed E-state index contributed by atoms with van der Waals surface area (Å²) in [6.45, 7) is 1.95. The number of anilines is 1. The predicted octanol–water partition coefficient (Wildman–Crippen LogP) is 3.67. The van der Waals surface area contributed by atoms with E-state index in [4.69, 9.17) is 0 Å². The molecule has 0 aliphatic carbocycles. The Morgan fingerprint density at radius 2 is 1.70 bits per heavy atom. The molecule has 0 aliphatic rings. The lowest BCUT2D eigenvalue weighted by Gasteiger charge is -2.06. The lowest BCUT2D eigenvalue weighted by atomic mass is 10.2. The SMILES string of the molecule is C.Cc1ccc(NS(=O)c2ccccc2[N+](=O)[O-])cc1. The molecule has 1 atom stereocenters. The number of hydrogen-bond donors (Lipinski definition) is 1. The second-order valence-corrected chi connectivity index (χ2v) is 5.14. The van der Waals surface area contributed by atoms with Crippen molar-refractivity contribution in [2.24, 2.45) is 0 Å². The summed E-state index contributed by atoms with van der Waals surface area (Å²) in [5.41, 5.74) is 1.59. The van der Waals surface area contributed by atoms with Gasteiger partial charge in [0.25, 0.3) is 5.69 Å². The summed E-state index contributed by atoms with van der Waals surface area (Å²) < 4.78 is 14.9. The van der Waals surface area contributed by atoms with E-state index in [1.54, 1.807) is 24.3 Å². The molecule has 0 heterocycles. The average Bonchev–Trinajstić information content (AvgIpc) is 2.41. The van der Waals surface area contributed by atoms with E-state index in [0.29, 0.717) is 5.69 Å². The highest BCUT2D eigenvalue weighted by atomic mass is 32.2. The van der Waals surface area contributed by atoms with E-state index in [1.807, 2.05) is 19.1 Å². The van der Waals surface area contributed by atoms with E-state index in [2.05, 4.69) is 4.72 Å². The Bertz CT molecular complexity index is 627. The molecular weight excluding hydrogens is 276 g/mol. The van der Waals surface area contributed by atoms with Crippen LogP contribution in [-0.4, -0.2) is 9.13 Å². The first-order valence-corrected chi connectivity index (χ1v) is 6.71. The van der Waals surface area contributed by atoms with Gasteiger partial charge in [0.1, 0.15) is 4.90 Å². The third-order valence-corrected chi connectivity index (χ3v) is 3.69. The van der Waals surface area contributed by atoms with E-state index in [-0.39, 0.29) is 18.0 Å². The zero-order chi connectivity index (χ0) is 13.8. The number of nitrogens with one attached hydrogen (secondary N) is 1. The summed E-state index contributed by atoms with van der Waals surface area (Å²) in [4.78, 5) is 10.5. The molecule has 0 fully saturated rings. The molecule has 2 aromatic carbocycles. The van der Waals surface area contributed by atoms with Gasteiger partial charge in [-0.25, -0.2) is 4.21 Å². The Labute approximate surface area is 120 Å². The van der Waals surface area contributed by atoms with Crippen LogP contribution in [0.5, 0.6) is 0 Å². The van der Waals surface area contributed by atoms with E-state index in [9.17, 15) is 14.3 Å². The Hall–Kier alpha value is -2.21. The minimum absolute atomic E-state index is 0. The number of benzene rings is 2. The first-order chi connectivity index (χ1) is 9.08. The summed E-state index contributed by atoms with van der Waals surface area (Å²) in [6, 6.07) is 13.3. The predicted molar refractivity (Wildman–Crippen MR) is 81.0 cm³/mol. The summed E-state index contributed by atoms with van der Waals surface area (Å²) in [5, 5.41) is 10.9.